The fourth-order valence-corrected chi connectivity index (χ4v) is 4.54. The van der Waals surface area contributed by atoms with E-state index < -0.39 is 0 Å². The summed E-state index contributed by atoms with van der Waals surface area (Å²) < 4.78 is 5.08. The number of fused-ring (bicyclic) bond motifs is 1. The zero-order valence-corrected chi connectivity index (χ0v) is 17.0. The number of hydrazone groups is 1. The topological polar surface area (TPSA) is 83.6 Å². The fraction of sp³-hybridized carbons (Fsp3) is 0.450. The molecule has 0 aromatic carbocycles. The molecule has 144 valence electrons. The first kappa shape index (κ1) is 19.4. The molecule has 2 aromatic heterocycles. The maximum absolute atomic E-state index is 12.4. The van der Waals surface area contributed by atoms with Crippen LogP contribution in [0, 0.1) is 19.8 Å². The Balaban J connectivity index is 1.68. The van der Waals surface area contributed by atoms with Crippen LogP contribution in [0.2, 0.25) is 0 Å². The minimum absolute atomic E-state index is 0.204. The molecule has 1 amide bonds. The Morgan fingerprint density at radius 3 is 2.96 bits per heavy atom. The van der Waals surface area contributed by atoms with Gasteiger partial charge in [0.05, 0.1) is 29.0 Å². The van der Waals surface area contributed by atoms with Gasteiger partial charge in [-0.25, -0.2) is 10.2 Å². The number of amides is 1. The number of aryl methyl sites for hydroxylation is 2. The number of nitrogens with one attached hydrogen (secondary N) is 2. The SMILES string of the molecule is CCOC(=O)c1c(C)[nH]c(/C=N/NC(=O)c2cc3c(s2)CCC(C)C3)c1C. The highest BCUT2D eigenvalue weighted by Gasteiger charge is 2.21. The number of rotatable bonds is 5. The summed E-state index contributed by atoms with van der Waals surface area (Å²) in [6.45, 7) is 7.98. The minimum Gasteiger partial charge on any atom is -0.462 e. The van der Waals surface area contributed by atoms with Gasteiger partial charge in [0.2, 0.25) is 0 Å². The lowest BCUT2D eigenvalue weighted by molar-refractivity contribution is 0.0525. The van der Waals surface area contributed by atoms with Gasteiger partial charge in [0.25, 0.3) is 5.91 Å². The number of aromatic nitrogens is 1. The van der Waals surface area contributed by atoms with E-state index in [1.54, 1.807) is 18.3 Å². The second-order valence-electron chi connectivity index (χ2n) is 6.99. The number of H-pyrrole nitrogens is 1. The van der Waals surface area contributed by atoms with Crippen molar-refractivity contribution < 1.29 is 14.3 Å². The number of thiophene rings is 1. The molecule has 1 aliphatic rings. The predicted molar refractivity (Wildman–Crippen MR) is 107 cm³/mol. The third-order valence-corrected chi connectivity index (χ3v) is 6.10. The van der Waals surface area contributed by atoms with Crippen molar-refractivity contribution in [3.05, 3.63) is 43.9 Å². The van der Waals surface area contributed by atoms with Crippen molar-refractivity contribution in [3.8, 4) is 0 Å². The number of aromatic amines is 1. The van der Waals surface area contributed by atoms with Crippen molar-refractivity contribution in [1.29, 1.82) is 0 Å². The van der Waals surface area contributed by atoms with Crippen LogP contribution >= 0.6 is 11.3 Å². The van der Waals surface area contributed by atoms with Gasteiger partial charge < -0.3 is 9.72 Å². The number of hydrogen-bond donors (Lipinski definition) is 2. The minimum atomic E-state index is -0.356. The van der Waals surface area contributed by atoms with E-state index in [-0.39, 0.29) is 11.9 Å². The van der Waals surface area contributed by atoms with Gasteiger partial charge in [-0.2, -0.15) is 5.10 Å². The van der Waals surface area contributed by atoms with Crippen LogP contribution in [0.4, 0.5) is 0 Å². The number of hydrogen-bond acceptors (Lipinski definition) is 5. The Kier molecular flexibility index (Phi) is 5.79. The highest BCUT2D eigenvalue weighted by atomic mass is 32.1. The lowest BCUT2D eigenvalue weighted by Crippen LogP contribution is -2.16. The molecule has 0 saturated carbocycles. The van der Waals surface area contributed by atoms with Gasteiger partial charge in [-0.15, -0.1) is 11.3 Å². The summed E-state index contributed by atoms with van der Waals surface area (Å²) in [6, 6.07) is 1.99. The zero-order chi connectivity index (χ0) is 19.6. The summed E-state index contributed by atoms with van der Waals surface area (Å²) >= 11 is 1.56. The maximum Gasteiger partial charge on any atom is 0.340 e. The molecule has 0 radical (unpaired) electrons. The molecule has 0 saturated heterocycles. The van der Waals surface area contributed by atoms with Gasteiger partial charge in [-0.1, -0.05) is 6.92 Å². The molecule has 2 aromatic rings. The van der Waals surface area contributed by atoms with Crippen LogP contribution in [0.5, 0.6) is 0 Å². The van der Waals surface area contributed by atoms with Gasteiger partial charge in [-0.05, 0) is 63.1 Å². The molecular weight excluding hydrogens is 362 g/mol. The maximum atomic E-state index is 12.4. The fourth-order valence-electron chi connectivity index (χ4n) is 3.44. The Labute approximate surface area is 163 Å². The number of ether oxygens (including phenoxy) is 1. The van der Waals surface area contributed by atoms with E-state index >= 15 is 0 Å². The van der Waals surface area contributed by atoms with Crippen molar-refractivity contribution >= 4 is 29.4 Å². The third-order valence-electron chi connectivity index (χ3n) is 4.87. The van der Waals surface area contributed by atoms with Crippen molar-refractivity contribution in [2.75, 3.05) is 6.61 Å². The van der Waals surface area contributed by atoms with E-state index in [0.717, 1.165) is 24.1 Å². The molecule has 3 rings (SSSR count). The summed E-state index contributed by atoms with van der Waals surface area (Å²) in [5, 5.41) is 4.06. The Bertz CT molecular complexity index is 895. The van der Waals surface area contributed by atoms with E-state index in [1.807, 2.05) is 19.9 Å². The molecular formula is C20H25N3O3S. The van der Waals surface area contributed by atoms with Crippen LogP contribution in [-0.4, -0.2) is 29.7 Å². The van der Waals surface area contributed by atoms with Crippen LogP contribution in [0.15, 0.2) is 11.2 Å². The number of carbonyl (C=O) groups is 2. The Morgan fingerprint density at radius 2 is 2.22 bits per heavy atom. The van der Waals surface area contributed by atoms with Crippen molar-refractivity contribution in [1.82, 2.24) is 10.4 Å². The summed E-state index contributed by atoms with van der Waals surface area (Å²) in [4.78, 5) is 29.5. The normalized spacial score (nSPS) is 16.4. The second-order valence-corrected chi connectivity index (χ2v) is 8.13. The van der Waals surface area contributed by atoms with Crippen LogP contribution in [0.3, 0.4) is 0 Å². The number of carbonyl (C=O) groups excluding carboxylic acids is 2. The second kappa shape index (κ2) is 8.08. The van der Waals surface area contributed by atoms with Crippen LogP contribution in [0.25, 0.3) is 0 Å². The van der Waals surface area contributed by atoms with E-state index in [0.29, 0.717) is 28.7 Å². The predicted octanol–water partition coefficient (Wildman–Crippen LogP) is 3.76. The van der Waals surface area contributed by atoms with Crippen molar-refractivity contribution in [2.24, 2.45) is 11.0 Å². The summed E-state index contributed by atoms with van der Waals surface area (Å²) in [6.07, 6.45) is 4.80. The van der Waals surface area contributed by atoms with Gasteiger partial charge >= 0.3 is 5.97 Å². The number of esters is 1. The smallest absolute Gasteiger partial charge is 0.340 e. The van der Waals surface area contributed by atoms with E-state index in [2.05, 4.69) is 22.4 Å². The van der Waals surface area contributed by atoms with Gasteiger partial charge in [0.15, 0.2) is 0 Å². The molecule has 0 fully saturated rings. The molecule has 0 bridgehead atoms. The molecule has 6 nitrogen and oxygen atoms in total. The monoisotopic (exact) mass is 387 g/mol. The van der Waals surface area contributed by atoms with Crippen molar-refractivity contribution in [2.45, 2.75) is 47.0 Å². The lowest BCUT2D eigenvalue weighted by Gasteiger charge is -2.16. The summed E-state index contributed by atoms with van der Waals surface area (Å²) in [7, 11) is 0. The van der Waals surface area contributed by atoms with E-state index in [9.17, 15) is 9.59 Å². The van der Waals surface area contributed by atoms with Crippen molar-refractivity contribution in [3.63, 3.8) is 0 Å². The molecule has 1 atom stereocenters. The Morgan fingerprint density at radius 1 is 1.44 bits per heavy atom. The molecule has 1 aliphatic carbocycles. The average molecular weight is 388 g/mol. The van der Waals surface area contributed by atoms with Crippen LogP contribution in [-0.2, 0) is 17.6 Å². The van der Waals surface area contributed by atoms with Crippen LogP contribution < -0.4 is 5.43 Å². The summed E-state index contributed by atoms with van der Waals surface area (Å²) in [5.41, 5.74) is 6.55. The molecule has 2 heterocycles. The molecule has 7 heteroatoms. The van der Waals surface area contributed by atoms with Gasteiger partial charge in [-0.3, -0.25) is 4.79 Å². The summed E-state index contributed by atoms with van der Waals surface area (Å²) in [5.74, 6) is 0.115. The zero-order valence-electron chi connectivity index (χ0n) is 16.1. The van der Waals surface area contributed by atoms with E-state index in [4.69, 9.17) is 4.74 Å². The molecule has 2 N–H and O–H groups in total. The number of nitrogens with zero attached hydrogens (tertiary/aromatic N) is 1. The molecule has 1 unspecified atom stereocenters. The first-order valence-electron chi connectivity index (χ1n) is 9.22. The van der Waals surface area contributed by atoms with Gasteiger partial charge in [0.1, 0.15) is 0 Å². The first-order valence-corrected chi connectivity index (χ1v) is 10.0. The molecule has 0 aliphatic heterocycles. The van der Waals surface area contributed by atoms with E-state index in [1.165, 1.54) is 23.1 Å². The molecule has 0 spiro atoms. The highest BCUT2D eigenvalue weighted by Crippen LogP contribution is 2.32. The third kappa shape index (κ3) is 4.13. The highest BCUT2D eigenvalue weighted by molar-refractivity contribution is 7.14. The first-order chi connectivity index (χ1) is 12.9. The Hall–Kier alpha value is -2.41. The standard InChI is InChI=1S/C20H25N3O3S/c1-5-26-20(25)18-12(3)15(22-13(18)4)10-21-23-19(24)17-9-14-8-11(2)6-7-16(14)27-17/h9-11,22H,5-8H2,1-4H3,(H,23,24)/b21-10+. The lowest BCUT2D eigenvalue weighted by atomic mass is 9.90. The largest absolute Gasteiger partial charge is 0.462 e. The molecule has 27 heavy (non-hydrogen) atoms. The quantitative estimate of drug-likeness (QED) is 0.465. The average Bonchev–Trinajstić information content (AvgIpc) is 3.15. The van der Waals surface area contributed by atoms with Crippen LogP contribution in [0.1, 0.15) is 67.7 Å². The van der Waals surface area contributed by atoms with Gasteiger partial charge in [0, 0.05) is 10.6 Å².